The van der Waals surface area contributed by atoms with E-state index in [1.807, 2.05) is 5.32 Å². The van der Waals surface area contributed by atoms with Crippen LogP contribution in [0.25, 0.3) is 0 Å². The van der Waals surface area contributed by atoms with Gasteiger partial charge in [0, 0.05) is 6.20 Å². The molecule has 1 aliphatic rings. The number of carbonyl (C=O) groups is 3. The molecule has 0 radical (unpaired) electrons. The van der Waals surface area contributed by atoms with Gasteiger partial charge >= 0.3 is 17.8 Å². The Kier molecular flexibility index (Phi) is 2.35. The van der Waals surface area contributed by atoms with Gasteiger partial charge in [0.05, 0.1) is 24.1 Å². The number of rotatable bonds is 2. The maximum Gasteiger partial charge on any atom is 0.331 e. The number of aromatic nitrogens is 2. The highest BCUT2D eigenvalue weighted by Crippen LogP contribution is 2.06. The van der Waals surface area contributed by atoms with Crippen molar-refractivity contribution in [3.05, 3.63) is 23.8 Å². The molecule has 1 aliphatic heterocycles. The topological polar surface area (TPSA) is 92.3 Å². The SMILES string of the molecule is Cc1cnc(CN2C(=O)NC(=O)C2=O)cn1. The molecule has 1 fully saturated rings. The lowest BCUT2D eigenvalue weighted by atomic mass is 10.4. The largest absolute Gasteiger partial charge is 0.331 e. The number of nitrogens with zero attached hydrogens (tertiary/aromatic N) is 3. The molecule has 1 aromatic heterocycles. The van der Waals surface area contributed by atoms with Crippen molar-refractivity contribution in [2.75, 3.05) is 0 Å². The number of aryl methyl sites for hydroxylation is 1. The van der Waals surface area contributed by atoms with Crippen LogP contribution in [0, 0.1) is 6.92 Å². The molecule has 1 aromatic rings. The molecule has 1 N–H and O–H groups in total. The molecule has 0 bridgehead atoms. The summed E-state index contributed by atoms with van der Waals surface area (Å²) in [6, 6.07) is -0.725. The standard InChI is InChI=1S/C9H8N4O3/c1-5-2-11-6(3-10-5)4-13-8(15)7(14)12-9(13)16/h2-3H,4H2,1H3,(H,12,14,16). The van der Waals surface area contributed by atoms with Crippen molar-refractivity contribution in [1.29, 1.82) is 0 Å². The van der Waals surface area contributed by atoms with Crippen LogP contribution in [-0.2, 0) is 16.1 Å². The van der Waals surface area contributed by atoms with Crippen LogP contribution in [0.4, 0.5) is 4.79 Å². The van der Waals surface area contributed by atoms with Gasteiger partial charge in [0.25, 0.3) is 0 Å². The van der Waals surface area contributed by atoms with Gasteiger partial charge in [-0.25, -0.2) is 9.69 Å². The van der Waals surface area contributed by atoms with Crippen molar-refractivity contribution in [2.45, 2.75) is 13.5 Å². The van der Waals surface area contributed by atoms with E-state index in [1.54, 1.807) is 6.92 Å². The average molecular weight is 220 g/mol. The number of nitrogens with one attached hydrogen (secondary N) is 1. The highest BCUT2D eigenvalue weighted by Gasteiger charge is 2.36. The van der Waals surface area contributed by atoms with Crippen LogP contribution in [0.1, 0.15) is 11.4 Å². The lowest BCUT2D eigenvalue weighted by molar-refractivity contribution is -0.140. The second-order valence-corrected chi connectivity index (χ2v) is 3.30. The molecule has 2 heterocycles. The van der Waals surface area contributed by atoms with Gasteiger partial charge in [-0.05, 0) is 6.92 Å². The minimum atomic E-state index is -0.912. The lowest BCUT2D eigenvalue weighted by Gasteiger charge is -2.09. The van der Waals surface area contributed by atoms with Crippen molar-refractivity contribution in [2.24, 2.45) is 0 Å². The number of hydrogen-bond acceptors (Lipinski definition) is 5. The maximum absolute atomic E-state index is 11.2. The Morgan fingerprint density at radius 3 is 2.50 bits per heavy atom. The summed E-state index contributed by atoms with van der Waals surface area (Å²) < 4.78 is 0. The molecular formula is C9H8N4O3. The normalized spacial score (nSPS) is 15.6. The quantitative estimate of drug-likeness (QED) is 0.528. The summed E-state index contributed by atoms with van der Waals surface area (Å²) in [4.78, 5) is 42.1. The fourth-order valence-electron chi connectivity index (χ4n) is 1.24. The predicted molar refractivity (Wildman–Crippen MR) is 50.9 cm³/mol. The first kappa shape index (κ1) is 10.2. The Bertz CT molecular complexity index is 468. The fourth-order valence-corrected chi connectivity index (χ4v) is 1.24. The van der Waals surface area contributed by atoms with E-state index in [2.05, 4.69) is 9.97 Å². The summed E-state index contributed by atoms with van der Waals surface area (Å²) in [5.74, 6) is -1.78. The molecule has 2 rings (SSSR count). The highest BCUT2D eigenvalue weighted by atomic mass is 16.2. The Morgan fingerprint density at radius 2 is 2.00 bits per heavy atom. The highest BCUT2D eigenvalue weighted by molar-refractivity contribution is 6.44. The van der Waals surface area contributed by atoms with E-state index in [9.17, 15) is 14.4 Å². The van der Waals surface area contributed by atoms with Gasteiger partial charge in [-0.15, -0.1) is 0 Å². The summed E-state index contributed by atoms with van der Waals surface area (Å²) in [6.07, 6.45) is 2.98. The van der Waals surface area contributed by atoms with Crippen LogP contribution >= 0.6 is 0 Å². The summed E-state index contributed by atoms with van der Waals surface area (Å²) in [5, 5.41) is 1.90. The number of hydrogen-bond donors (Lipinski definition) is 1. The molecule has 16 heavy (non-hydrogen) atoms. The molecule has 1 saturated heterocycles. The van der Waals surface area contributed by atoms with E-state index < -0.39 is 17.8 Å². The summed E-state index contributed by atoms with van der Waals surface area (Å²) in [6.45, 7) is 1.72. The molecule has 82 valence electrons. The number of amides is 4. The monoisotopic (exact) mass is 220 g/mol. The maximum atomic E-state index is 11.2. The van der Waals surface area contributed by atoms with Crippen LogP contribution in [0.3, 0.4) is 0 Å². The second-order valence-electron chi connectivity index (χ2n) is 3.30. The minimum absolute atomic E-state index is 0.0519. The van der Waals surface area contributed by atoms with Crippen LogP contribution in [0.15, 0.2) is 12.4 Å². The minimum Gasteiger partial charge on any atom is -0.269 e. The molecule has 4 amide bonds. The van der Waals surface area contributed by atoms with Crippen LogP contribution in [0.2, 0.25) is 0 Å². The Morgan fingerprint density at radius 1 is 1.25 bits per heavy atom. The Balaban J connectivity index is 2.16. The molecule has 7 heteroatoms. The van der Waals surface area contributed by atoms with Gasteiger partial charge in [0.2, 0.25) is 0 Å². The fraction of sp³-hybridized carbons (Fsp3) is 0.222. The van der Waals surface area contributed by atoms with Crippen molar-refractivity contribution in [3.63, 3.8) is 0 Å². The smallest absolute Gasteiger partial charge is 0.269 e. The van der Waals surface area contributed by atoms with Gasteiger partial charge in [0.1, 0.15) is 0 Å². The second kappa shape index (κ2) is 3.69. The zero-order valence-corrected chi connectivity index (χ0v) is 8.43. The average Bonchev–Trinajstić information content (AvgIpc) is 2.48. The van der Waals surface area contributed by atoms with E-state index in [4.69, 9.17) is 0 Å². The van der Waals surface area contributed by atoms with E-state index >= 15 is 0 Å². The molecular weight excluding hydrogens is 212 g/mol. The van der Waals surface area contributed by atoms with Gasteiger partial charge in [0.15, 0.2) is 0 Å². The third-order valence-corrected chi connectivity index (χ3v) is 2.06. The van der Waals surface area contributed by atoms with Crippen LogP contribution < -0.4 is 5.32 Å². The number of imide groups is 2. The number of carbonyl (C=O) groups excluding carboxylic acids is 3. The van der Waals surface area contributed by atoms with Crippen molar-refractivity contribution < 1.29 is 14.4 Å². The molecule has 0 spiro atoms. The summed E-state index contributed by atoms with van der Waals surface area (Å²) in [5.41, 5.74) is 1.18. The molecule has 0 aromatic carbocycles. The molecule has 0 saturated carbocycles. The third-order valence-electron chi connectivity index (χ3n) is 2.06. The predicted octanol–water partition coefficient (Wildman–Crippen LogP) is -0.637. The zero-order valence-electron chi connectivity index (χ0n) is 8.43. The molecule has 0 aliphatic carbocycles. The van der Waals surface area contributed by atoms with Crippen molar-refractivity contribution >= 4 is 17.8 Å². The Labute approximate surface area is 90.5 Å². The van der Waals surface area contributed by atoms with Gasteiger partial charge < -0.3 is 0 Å². The third kappa shape index (κ3) is 1.74. The molecule has 0 atom stereocenters. The van der Waals surface area contributed by atoms with Crippen molar-refractivity contribution in [3.8, 4) is 0 Å². The van der Waals surface area contributed by atoms with Gasteiger partial charge in [-0.3, -0.25) is 24.9 Å². The van der Waals surface area contributed by atoms with Crippen LogP contribution in [0.5, 0.6) is 0 Å². The zero-order chi connectivity index (χ0) is 11.7. The van der Waals surface area contributed by atoms with E-state index in [-0.39, 0.29) is 6.54 Å². The first-order valence-corrected chi connectivity index (χ1v) is 4.52. The molecule has 7 nitrogen and oxygen atoms in total. The summed E-state index contributed by atoms with van der Waals surface area (Å²) >= 11 is 0. The number of urea groups is 1. The Hall–Kier alpha value is -2.31. The van der Waals surface area contributed by atoms with E-state index in [0.717, 1.165) is 10.6 Å². The lowest BCUT2D eigenvalue weighted by Crippen LogP contribution is -2.30. The first-order chi connectivity index (χ1) is 7.58. The molecule has 0 unspecified atom stereocenters. The van der Waals surface area contributed by atoms with E-state index in [1.165, 1.54) is 12.4 Å². The first-order valence-electron chi connectivity index (χ1n) is 4.52. The van der Waals surface area contributed by atoms with Gasteiger partial charge in [-0.1, -0.05) is 0 Å². The van der Waals surface area contributed by atoms with E-state index in [0.29, 0.717) is 5.69 Å². The van der Waals surface area contributed by atoms with Gasteiger partial charge in [-0.2, -0.15) is 0 Å². The van der Waals surface area contributed by atoms with Crippen LogP contribution in [-0.4, -0.2) is 32.7 Å². The van der Waals surface area contributed by atoms with Crippen molar-refractivity contribution in [1.82, 2.24) is 20.2 Å². The summed E-state index contributed by atoms with van der Waals surface area (Å²) in [7, 11) is 0.